The number of aryl methyl sites for hydroxylation is 1. The Balaban J connectivity index is 1.73. The van der Waals surface area contributed by atoms with Gasteiger partial charge in [0.1, 0.15) is 5.01 Å². The lowest BCUT2D eigenvalue weighted by Crippen LogP contribution is -2.24. The van der Waals surface area contributed by atoms with Crippen molar-refractivity contribution in [2.45, 2.75) is 18.4 Å². The van der Waals surface area contributed by atoms with Crippen LogP contribution in [0.4, 0.5) is 0 Å². The van der Waals surface area contributed by atoms with Gasteiger partial charge >= 0.3 is 0 Å². The molecule has 0 spiro atoms. The van der Waals surface area contributed by atoms with E-state index < -0.39 is 10.0 Å². The number of hydrogen-bond acceptors (Lipinski definition) is 5. The number of rotatable bonds is 5. The van der Waals surface area contributed by atoms with Crippen LogP contribution in [0, 0.1) is 6.92 Å². The minimum Gasteiger partial charge on any atom is -0.217 e. The number of aromatic nitrogens is 3. The van der Waals surface area contributed by atoms with Crippen LogP contribution in [0.2, 0.25) is 5.02 Å². The summed E-state index contributed by atoms with van der Waals surface area (Å²) in [5, 5.41) is 5.69. The lowest BCUT2D eigenvalue weighted by Gasteiger charge is -2.08. The lowest BCUT2D eigenvalue weighted by molar-refractivity contribution is 0.579. The first kappa shape index (κ1) is 18.1. The molecule has 4 aromatic rings. The van der Waals surface area contributed by atoms with Crippen LogP contribution in [-0.4, -0.2) is 23.0 Å². The first-order valence-electron chi connectivity index (χ1n) is 8.10. The van der Waals surface area contributed by atoms with E-state index in [2.05, 4.69) is 14.8 Å². The van der Waals surface area contributed by atoms with Gasteiger partial charge in [0.05, 0.1) is 22.8 Å². The maximum absolute atomic E-state index is 12.7. The molecule has 0 bridgehead atoms. The Labute approximate surface area is 165 Å². The van der Waals surface area contributed by atoms with Crippen LogP contribution < -0.4 is 4.72 Å². The Morgan fingerprint density at radius 2 is 1.93 bits per heavy atom. The number of nitrogens with zero attached hydrogens (tertiary/aromatic N) is 3. The second-order valence-electron chi connectivity index (χ2n) is 5.87. The molecule has 2 heterocycles. The van der Waals surface area contributed by atoms with Gasteiger partial charge in [0, 0.05) is 10.6 Å². The standard InChI is InChI=1S/C18H15ClN4O2S2/c1-12-22-23-16(11-20-27(24,25)15-9-5-8-14(19)10-15)17(21-18(23)26-12)13-6-3-2-4-7-13/h2-10,20H,11H2,1H3. The lowest BCUT2D eigenvalue weighted by atomic mass is 10.1. The quantitative estimate of drug-likeness (QED) is 0.533. The second kappa shape index (κ2) is 7.05. The molecule has 138 valence electrons. The highest BCUT2D eigenvalue weighted by Crippen LogP contribution is 2.27. The summed E-state index contributed by atoms with van der Waals surface area (Å²) in [4.78, 5) is 5.50. The van der Waals surface area contributed by atoms with Gasteiger partial charge in [0.2, 0.25) is 15.0 Å². The molecule has 27 heavy (non-hydrogen) atoms. The maximum Gasteiger partial charge on any atom is 0.240 e. The van der Waals surface area contributed by atoms with Gasteiger partial charge in [-0.15, -0.1) is 0 Å². The monoisotopic (exact) mass is 418 g/mol. The van der Waals surface area contributed by atoms with E-state index in [1.165, 1.54) is 23.5 Å². The number of benzene rings is 2. The Morgan fingerprint density at radius 3 is 2.67 bits per heavy atom. The Kier molecular flexibility index (Phi) is 4.73. The average Bonchev–Trinajstić information content (AvgIpc) is 3.17. The molecule has 0 aliphatic carbocycles. The third kappa shape index (κ3) is 3.61. The van der Waals surface area contributed by atoms with Gasteiger partial charge in [-0.25, -0.2) is 22.6 Å². The topological polar surface area (TPSA) is 76.4 Å². The summed E-state index contributed by atoms with van der Waals surface area (Å²) >= 11 is 7.38. The van der Waals surface area contributed by atoms with E-state index in [1.54, 1.807) is 16.6 Å². The third-order valence-electron chi connectivity index (χ3n) is 3.98. The number of fused-ring (bicyclic) bond motifs is 1. The minimum atomic E-state index is -3.72. The number of hydrogen-bond donors (Lipinski definition) is 1. The van der Waals surface area contributed by atoms with Crippen LogP contribution in [-0.2, 0) is 16.6 Å². The Morgan fingerprint density at radius 1 is 1.15 bits per heavy atom. The molecule has 9 heteroatoms. The summed E-state index contributed by atoms with van der Waals surface area (Å²) in [6.45, 7) is 1.95. The van der Waals surface area contributed by atoms with Crippen LogP contribution in [0.3, 0.4) is 0 Å². The molecule has 0 aliphatic rings. The van der Waals surface area contributed by atoms with E-state index in [-0.39, 0.29) is 11.4 Å². The number of nitrogens with one attached hydrogen (secondary N) is 1. The van der Waals surface area contributed by atoms with E-state index >= 15 is 0 Å². The molecule has 1 N–H and O–H groups in total. The van der Waals surface area contributed by atoms with Crippen molar-refractivity contribution in [2.75, 3.05) is 0 Å². The normalized spacial score (nSPS) is 11.9. The van der Waals surface area contributed by atoms with E-state index in [1.807, 2.05) is 37.3 Å². The fourth-order valence-corrected chi connectivity index (χ4v) is 4.80. The average molecular weight is 419 g/mol. The highest BCUT2D eigenvalue weighted by atomic mass is 35.5. The molecule has 0 unspecified atom stereocenters. The second-order valence-corrected chi connectivity index (χ2v) is 9.23. The van der Waals surface area contributed by atoms with E-state index in [9.17, 15) is 8.42 Å². The van der Waals surface area contributed by atoms with Gasteiger partial charge in [0.25, 0.3) is 0 Å². The summed E-state index contributed by atoms with van der Waals surface area (Å²) in [5.41, 5.74) is 2.30. The molecule has 0 atom stereocenters. The van der Waals surface area contributed by atoms with Crippen molar-refractivity contribution < 1.29 is 8.42 Å². The molecule has 0 radical (unpaired) electrons. The van der Waals surface area contributed by atoms with E-state index in [0.717, 1.165) is 15.5 Å². The molecule has 4 rings (SSSR count). The van der Waals surface area contributed by atoms with Crippen LogP contribution >= 0.6 is 22.9 Å². The highest BCUT2D eigenvalue weighted by molar-refractivity contribution is 7.89. The summed E-state index contributed by atoms with van der Waals surface area (Å²) in [7, 11) is -3.72. The molecule has 0 fully saturated rings. The zero-order chi connectivity index (χ0) is 19.0. The van der Waals surface area contributed by atoms with Gasteiger partial charge in [0.15, 0.2) is 0 Å². The number of sulfonamides is 1. The SMILES string of the molecule is Cc1nn2c(CNS(=O)(=O)c3cccc(Cl)c3)c(-c3ccccc3)nc2s1. The molecule has 2 aromatic heterocycles. The first-order valence-corrected chi connectivity index (χ1v) is 10.8. The molecular weight excluding hydrogens is 404 g/mol. The molecule has 2 aromatic carbocycles. The van der Waals surface area contributed by atoms with Crippen LogP contribution in [0.5, 0.6) is 0 Å². The summed E-state index contributed by atoms with van der Waals surface area (Å²) in [6.07, 6.45) is 0. The zero-order valence-electron chi connectivity index (χ0n) is 14.3. The van der Waals surface area contributed by atoms with Crippen LogP contribution in [0.25, 0.3) is 16.2 Å². The van der Waals surface area contributed by atoms with Gasteiger partial charge in [-0.1, -0.05) is 59.3 Å². The molecule has 0 amide bonds. The number of imidazole rings is 1. The summed E-state index contributed by atoms with van der Waals surface area (Å²) in [6, 6.07) is 15.8. The first-order chi connectivity index (χ1) is 12.9. The van der Waals surface area contributed by atoms with Gasteiger partial charge in [-0.05, 0) is 25.1 Å². The largest absolute Gasteiger partial charge is 0.240 e. The highest BCUT2D eigenvalue weighted by Gasteiger charge is 2.20. The van der Waals surface area contributed by atoms with Crippen molar-refractivity contribution in [3.8, 4) is 11.3 Å². The summed E-state index contributed by atoms with van der Waals surface area (Å²) in [5.74, 6) is 0. The molecular formula is C18H15ClN4O2S2. The van der Waals surface area contributed by atoms with Crippen LogP contribution in [0.1, 0.15) is 10.7 Å². The van der Waals surface area contributed by atoms with Crippen molar-refractivity contribution in [3.05, 3.63) is 70.3 Å². The predicted octanol–water partition coefficient (Wildman–Crippen LogP) is 3.90. The van der Waals surface area contributed by atoms with Crippen molar-refractivity contribution in [1.29, 1.82) is 0 Å². The van der Waals surface area contributed by atoms with Crippen molar-refractivity contribution in [3.63, 3.8) is 0 Å². The minimum absolute atomic E-state index is 0.0589. The van der Waals surface area contributed by atoms with Gasteiger partial charge in [-0.2, -0.15) is 5.10 Å². The van der Waals surface area contributed by atoms with Gasteiger partial charge in [-0.3, -0.25) is 0 Å². The van der Waals surface area contributed by atoms with E-state index in [4.69, 9.17) is 11.6 Å². The van der Waals surface area contributed by atoms with Crippen molar-refractivity contribution in [2.24, 2.45) is 0 Å². The van der Waals surface area contributed by atoms with Crippen molar-refractivity contribution >= 4 is 37.9 Å². The third-order valence-corrected chi connectivity index (χ3v) is 6.44. The molecule has 0 saturated heterocycles. The summed E-state index contributed by atoms with van der Waals surface area (Å²) < 4.78 is 29.6. The fourth-order valence-electron chi connectivity index (χ4n) is 2.75. The van der Waals surface area contributed by atoms with E-state index in [0.29, 0.717) is 16.4 Å². The van der Waals surface area contributed by atoms with Crippen molar-refractivity contribution in [1.82, 2.24) is 19.3 Å². The fraction of sp³-hybridized carbons (Fsp3) is 0.111. The smallest absolute Gasteiger partial charge is 0.217 e. The Bertz CT molecular complexity index is 1220. The number of halogens is 1. The van der Waals surface area contributed by atoms with Crippen LogP contribution in [0.15, 0.2) is 59.5 Å². The Hall–Kier alpha value is -2.26. The van der Waals surface area contributed by atoms with Gasteiger partial charge < -0.3 is 0 Å². The molecule has 0 aliphatic heterocycles. The maximum atomic E-state index is 12.7. The molecule has 0 saturated carbocycles. The zero-order valence-corrected chi connectivity index (χ0v) is 16.6. The predicted molar refractivity (Wildman–Crippen MR) is 107 cm³/mol. The molecule has 6 nitrogen and oxygen atoms in total.